The molecule has 6 nitrogen and oxygen atoms in total. The molecule has 7 heteroatoms. The molecule has 0 N–H and O–H groups in total. The summed E-state index contributed by atoms with van der Waals surface area (Å²) in [6.07, 6.45) is 7.12. The van der Waals surface area contributed by atoms with Crippen molar-refractivity contribution in [1.29, 1.82) is 0 Å². The van der Waals surface area contributed by atoms with E-state index < -0.39 is 0 Å². The first-order valence-corrected chi connectivity index (χ1v) is 9.80. The van der Waals surface area contributed by atoms with E-state index in [1.54, 1.807) is 0 Å². The lowest BCUT2D eigenvalue weighted by Crippen LogP contribution is -2.30. The predicted molar refractivity (Wildman–Crippen MR) is 99.9 cm³/mol. The zero-order valence-electron chi connectivity index (χ0n) is 14.3. The van der Waals surface area contributed by atoms with Gasteiger partial charge in [-0.2, -0.15) is 0 Å². The Morgan fingerprint density at radius 1 is 0.960 bits per heavy atom. The van der Waals surface area contributed by atoms with Crippen molar-refractivity contribution in [2.24, 2.45) is 11.8 Å². The molecule has 5 rings (SSSR count). The largest absolute Gasteiger partial charge is 0.356 e. The van der Waals surface area contributed by atoms with E-state index in [0.717, 1.165) is 55.3 Å². The molecular weight excluding hydrogens is 380 g/mol. The average molecular weight is 401 g/mol. The number of nitrogens with zero attached hydrogens (tertiary/aromatic N) is 6. The second kappa shape index (κ2) is 5.90. The molecule has 0 saturated carbocycles. The summed E-state index contributed by atoms with van der Waals surface area (Å²) in [4.78, 5) is 23.2. The highest BCUT2D eigenvalue weighted by Gasteiger charge is 2.42. The number of hydrogen-bond donors (Lipinski definition) is 0. The van der Waals surface area contributed by atoms with Gasteiger partial charge in [-0.05, 0) is 42.1 Å². The van der Waals surface area contributed by atoms with Crippen LogP contribution in [0.2, 0.25) is 0 Å². The summed E-state index contributed by atoms with van der Waals surface area (Å²) in [5.41, 5.74) is 2.68. The van der Waals surface area contributed by atoms with Crippen molar-refractivity contribution in [2.75, 3.05) is 36.0 Å². The maximum absolute atomic E-state index is 4.81. The van der Waals surface area contributed by atoms with Crippen molar-refractivity contribution >= 4 is 27.7 Å². The van der Waals surface area contributed by atoms with Crippen LogP contribution in [-0.4, -0.2) is 46.1 Å². The minimum absolute atomic E-state index is 0.666. The Morgan fingerprint density at radius 2 is 1.64 bits per heavy atom. The summed E-state index contributed by atoms with van der Waals surface area (Å²) >= 11 is 3.40. The topological polar surface area (TPSA) is 58.0 Å². The van der Waals surface area contributed by atoms with Gasteiger partial charge in [-0.3, -0.25) is 0 Å². The number of anilines is 2. The molecule has 0 spiro atoms. The molecule has 2 saturated heterocycles. The smallest absolute Gasteiger partial charge is 0.225 e. The number of halogens is 1. The standard InChI is InChI=1S/C18H21BrN6/c1-11-22-16-4-2-3-15(16)17(23-11)24-7-12-9-25(10-13(12)8-24)18-20-5-14(19)6-21-18/h5-6,12-13H,2-4,7-10H2,1H3. The number of hydrogen-bond acceptors (Lipinski definition) is 6. The monoisotopic (exact) mass is 400 g/mol. The Morgan fingerprint density at radius 3 is 2.36 bits per heavy atom. The Bertz CT molecular complexity index is 794. The van der Waals surface area contributed by atoms with Crippen LogP contribution in [0, 0.1) is 18.8 Å². The van der Waals surface area contributed by atoms with Gasteiger partial charge in [-0.15, -0.1) is 0 Å². The Balaban J connectivity index is 1.34. The van der Waals surface area contributed by atoms with E-state index in [9.17, 15) is 0 Å². The number of rotatable bonds is 2. The van der Waals surface area contributed by atoms with Crippen LogP contribution in [0.1, 0.15) is 23.5 Å². The van der Waals surface area contributed by atoms with Crippen molar-refractivity contribution in [2.45, 2.75) is 26.2 Å². The first kappa shape index (κ1) is 15.5. The molecule has 2 aromatic heterocycles. The number of fused-ring (bicyclic) bond motifs is 2. The molecule has 130 valence electrons. The minimum Gasteiger partial charge on any atom is -0.356 e. The molecule has 25 heavy (non-hydrogen) atoms. The molecule has 2 unspecified atom stereocenters. The van der Waals surface area contributed by atoms with E-state index in [1.807, 2.05) is 19.3 Å². The highest BCUT2D eigenvalue weighted by atomic mass is 79.9. The van der Waals surface area contributed by atoms with Gasteiger partial charge in [0.05, 0.1) is 4.47 Å². The van der Waals surface area contributed by atoms with Crippen molar-refractivity contribution < 1.29 is 0 Å². The lowest BCUT2D eigenvalue weighted by molar-refractivity contribution is 0.533. The molecule has 0 aromatic carbocycles. The fourth-order valence-electron chi connectivity index (χ4n) is 4.59. The predicted octanol–water partition coefficient (Wildman–Crippen LogP) is 2.40. The van der Waals surface area contributed by atoms with Gasteiger partial charge in [0.25, 0.3) is 0 Å². The van der Waals surface area contributed by atoms with Gasteiger partial charge in [0.2, 0.25) is 5.95 Å². The fourth-order valence-corrected chi connectivity index (χ4v) is 4.80. The molecule has 0 radical (unpaired) electrons. The zero-order valence-corrected chi connectivity index (χ0v) is 15.9. The van der Waals surface area contributed by atoms with Crippen LogP contribution in [0.5, 0.6) is 0 Å². The lowest BCUT2D eigenvalue weighted by Gasteiger charge is -2.24. The zero-order chi connectivity index (χ0) is 17.0. The average Bonchev–Trinajstić information content (AvgIpc) is 3.28. The second-order valence-corrected chi connectivity index (χ2v) is 8.32. The number of aryl methyl sites for hydroxylation is 2. The van der Waals surface area contributed by atoms with Crippen LogP contribution in [0.25, 0.3) is 0 Å². The maximum atomic E-state index is 4.81. The molecule has 0 bridgehead atoms. The van der Waals surface area contributed by atoms with E-state index in [2.05, 4.69) is 40.7 Å². The Labute approximate surface area is 155 Å². The normalized spacial score (nSPS) is 24.7. The highest BCUT2D eigenvalue weighted by Crippen LogP contribution is 2.37. The summed E-state index contributed by atoms with van der Waals surface area (Å²) in [5.74, 6) is 4.31. The van der Waals surface area contributed by atoms with E-state index in [-0.39, 0.29) is 0 Å². The van der Waals surface area contributed by atoms with Gasteiger partial charge in [0.15, 0.2) is 0 Å². The van der Waals surface area contributed by atoms with Crippen LogP contribution in [0.3, 0.4) is 0 Å². The van der Waals surface area contributed by atoms with Crippen molar-refractivity contribution in [1.82, 2.24) is 19.9 Å². The molecule has 2 fully saturated rings. The maximum Gasteiger partial charge on any atom is 0.225 e. The number of aromatic nitrogens is 4. The third kappa shape index (κ3) is 2.69. The minimum atomic E-state index is 0.666. The van der Waals surface area contributed by atoms with Crippen LogP contribution < -0.4 is 9.80 Å². The Kier molecular flexibility index (Phi) is 3.66. The van der Waals surface area contributed by atoms with Crippen LogP contribution in [-0.2, 0) is 12.8 Å². The van der Waals surface area contributed by atoms with E-state index in [4.69, 9.17) is 4.98 Å². The molecule has 2 aromatic rings. The summed E-state index contributed by atoms with van der Waals surface area (Å²) in [5, 5.41) is 0. The van der Waals surface area contributed by atoms with Crippen molar-refractivity contribution in [3.05, 3.63) is 33.9 Å². The van der Waals surface area contributed by atoms with Gasteiger partial charge in [0, 0.05) is 61.7 Å². The molecule has 0 amide bonds. The van der Waals surface area contributed by atoms with Gasteiger partial charge in [-0.25, -0.2) is 19.9 Å². The Hall–Kier alpha value is -1.76. The van der Waals surface area contributed by atoms with E-state index >= 15 is 0 Å². The molecule has 3 aliphatic rings. The molecular formula is C18H21BrN6. The molecule has 2 atom stereocenters. The lowest BCUT2D eigenvalue weighted by atomic mass is 10.0. The van der Waals surface area contributed by atoms with Crippen molar-refractivity contribution in [3.8, 4) is 0 Å². The second-order valence-electron chi connectivity index (χ2n) is 7.40. The van der Waals surface area contributed by atoms with Gasteiger partial charge in [-0.1, -0.05) is 0 Å². The molecule has 1 aliphatic carbocycles. The van der Waals surface area contributed by atoms with E-state index in [1.165, 1.54) is 23.5 Å². The highest BCUT2D eigenvalue weighted by molar-refractivity contribution is 9.10. The SMILES string of the molecule is Cc1nc2c(c(N3CC4CN(c5ncc(Br)cn5)CC4C3)n1)CCC2. The van der Waals surface area contributed by atoms with E-state index in [0.29, 0.717) is 11.8 Å². The van der Waals surface area contributed by atoms with Gasteiger partial charge < -0.3 is 9.80 Å². The fraction of sp³-hybridized carbons (Fsp3) is 0.556. The summed E-state index contributed by atoms with van der Waals surface area (Å²) < 4.78 is 0.926. The van der Waals surface area contributed by atoms with Gasteiger partial charge >= 0.3 is 0 Å². The van der Waals surface area contributed by atoms with Crippen LogP contribution in [0.15, 0.2) is 16.9 Å². The third-order valence-electron chi connectivity index (χ3n) is 5.70. The summed E-state index contributed by atoms with van der Waals surface area (Å²) in [6, 6.07) is 0. The third-order valence-corrected chi connectivity index (χ3v) is 6.11. The quantitative estimate of drug-likeness (QED) is 0.771. The molecule has 2 aliphatic heterocycles. The van der Waals surface area contributed by atoms with Crippen molar-refractivity contribution in [3.63, 3.8) is 0 Å². The molecule has 4 heterocycles. The van der Waals surface area contributed by atoms with Crippen LogP contribution in [0.4, 0.5) is 11.8 Å². The van der Waals surface area contributed by atoms with Crippen LogP contribution >= 0.6 is 15.9 Å². The first-order chi connectivity index (χ1) is 12.2. The first-order valence-electron chi connectivity index (χ1n) is 9.01. The summed E-state index contributed by atoms with van der Waals surface area (Å²) in [6.45, 7) is 6.26. The van der Waals surface area contributed by atoms with Gasteiger partial charge in [0.1, 0.15) is 11.6 Å². The summed E-state index contributed by atoms with van der Waals surface area (Å²) in [7, 11) is 0.